The molecule has 0 aliphatic carbocycles. The molecule has 0 bridgehead atoms. The maximum Gasteiger partial charge on any atom is 0.250 e. The highest BCUT2D eigenvalue weighted by atomic mass is 16.5. The van der Waals surface area contributed by atoms with Crippen molar-refractivity contribution in [3.63, 3.8) is 0 Å². The van der Waals surface area contributed by atoms with Gasteiger partial charge in [0.25, 0.3) is 5.91 Å². The summed E-state index contributed by atoms with van der Waals surface area (Å²) in [5.74, 6) is -0.439. The minimum Gasteiger partial charge on any atom is -0.399 e. The zero-order valence-corrected chi connectivity index (χ0v) is 9.85. The Morgan fingerprint density at radius 1 is 1.53 bits per heavy atom. The average Bonchev–Trinajstić information content (AvgIpc) is 2.80. The Morgan fingerprint density at radius 3 is 2.88 bits per heavy atom. The fourth-order valence-electron chi connectivity index (χ4n) is 2.07. The first kappa shape index (κ1) is 11.7. The molecule has 17 heavy (non-hydrogen) atoms. The number of carbonyl (C=O) groups excluding carboxylic acids is 1. The van der Waals surface area contributed by atoms with Gasteiger partial charge in [0, 0.05) is 19.3 Å². The summed E-state index contributed by atoms with van der Waals surface area (Å²) in [6.07, 6.45) is 0.948. The summed E-state index contributed by atoms with van der Waals surface area (Å²) in [5, 5.41) is 0. The highest BCUT2D eigenvalue weighted by Gasteiger charge is 2.23. The van der Waals surface area contributed by atoms with E-state index in [0.717, 1.165) is 18.7 Å². The van der Waals surface area contributed by atoms with E-state index in [1.165, 1.54) is 0 Å². The fourth-order valence-corrected chi connectivity index (χ4v) is 2.07. The highest BCUT2D eigenvalue weighted by Crippen LogP contribution is 2.26. The van der Waals surface area contributed by atoms with Crippen molar-refractivity contribution in [2.24, 2.45) is 5.73 Å². The van der Waals surface area contributed by atoms with E-state index in [4.69, 9.17) is 16.2 Å². The van der Waals surface area contributed by atoms with Crippen molar-refractivity contribution >= 4 is 17.3 Å². The Bertz CT molecular complexity index is 428. The first-order valence-corrected chi connectivity index (χ1v) is 5.59. The molecule has 1 aliphatic rings. The molecular weight excluding hydrogens is 218 g/mol. The van der Waals surface area contributed by atoms with Crippen molar-refractivity contribution in [2.75, 3.05) is 30.9 Å². The van der Waals surface area contributed by atoms with E-state index in [1.807, 2.05) is 11.9 Å². The molecule has 5 heteroatoms. The molecule has 1 aromatic rings. The highest BCUT2D eigenvalue weighted by molar-refractivity contribution is 5.99. The third kappa shape index (κ3) is 2.34. The van der Waals surface area contributed by atoms with Crippen LogP contribution in [-0.2, 0) is 4.74 Å². The van der Waals surface area contributed by atoms with Crippen molar-refractivity contribution in [2.45, 2.75) is 12.5 Å². The molecule has 1 aliphatic heterocycles. The second kappa shape index (κ2) is 4.63. The van der Waals surface area contributed by atoms with Crippen LogP contribution in [0.15, 0.2) is 18.2 Å². The molecule has 5 nitrogen and oxygen atoms in total. The standard InChI is InChI=1S/C12H17N3O2/c1-15(9-4-5-17-7-9)11-6-8(13)2-3-10(11)12(14)16/h2-3,6,9H,4-5,7,13H2,1H3,(H2,14,16). The molecule has 0 radical (unpaired) electrons. The number of hydrogen-bond donors (Lipinski definition) is 2. The smallest absolute Gasteiger partial charge is 0.250 e. The molecule has 1 aromatic carbocycles. The van der Waals surface area contributed by atoms with Crippen molar-refractivity contribution in [3.8, 4) is 0 Å². The van der Waals surface area contributed by atoms with Gasteiger partial charge in [0.1, 0.15) is 0 Å². The largest absolute Gasteiger partial charge is 0.399 e. The first-order valence-electron chi connectivity index (χ1n) is 5.59. The quantitative estimate of drug-likeness (QED) is 0.751. The Balaban J connectivity index is 2.34. The zero-order chi connectivity index (χ0) is 12.4. The van der Waals surface area contributed by atoms with Crippen molar-refractivity contribution in [1.29, 1.82) is 0 Å². The van der Waals surface area contributed by atoms with Gasteiger partial charge in [0.05, 0.1) is 23.9 Å². The Morgan fingerprint density at radius 2 is 2.29 bits per heavy atom. The van der Waals surface area contributed by atoms with Gasteiger partial charge < -0.3 is 21.1 Å². The van der Waals surface area contributed by atoms with Crippen LogP contribution in [0.1, 0.15) is 16.8 Å². The fraction of sp³-hybridized carbons (Fsp3) is 0.417. The number of likely N-dealkylation sites (N-methyl/N-ethyl adjacent to an activating group) is 1. The maximum atomic E-state index is 11.4. The van der Waals surface area contributed by atoms with Gasteiger partial charge in [-0.3, -0.25) is 4.79 Å². The monoisotopic (exact) mass is 235 g/mol. The van der Waals surface area contributed by atoms with E-state index in [9.17, 15) is 4.79 Å². The van der Waals surface area contributed by atoms with Crippen LogP contribution in [0.4, 0.5) is 11.4 Å². The number of primary amides is 1. The molecule has 0 aromatic heterocycles. The van der Waals surface area contributed by atoms with E-state index in [0.29, 0.717) is 17.9 Å². The van der Waals surface area contributed by atoms with Crippen LogP contribution in [0.3, 0.4) is 0 Å². The predicted molar refractivity (Wildman–Crippen MR) is 67.0 cm³/mol. The topological polar surface area (TPSA) is 81.6 Å². The van der Waals surface area contributed by atoms with Crippen LogP contribution in [0.25, 0.3) is 0 Å². The molecule has 0 spiro atoms. The lowest BCUT2D eigenvalue weighted by Gasteiger charge is -2.27. The number of anilines is 2. The molecular formula is C12H17N3O2. The summed E-state index contributed by atoms with van der Waals surface area (Å²) in [5.41, 5.74) is 13.0. The third-order valence-corrected chi connectivity index (χ3v) is 3.12. The summed E-state index contributed by atoms with van der Waals surface area (Å²) >= 11 is 0. The molecule has 1 saturated heterocycles. The normalized spacial score (nSPS) is 19.2. The van der Waals surface area contributed by atoms with E-state index in [-0.39, 0.29) is 6.04 Å². The Kier molecular flexibility index (Phi) is 3.19. The average molecular weight is 235 g/mol. The van der Waals surface area contributed by atoms with Gasteiger partial charge in [-0.05, 0) is 24.6 Å². The van der Waals surface area contributed by atoms with Gasteiger partial charge in [-0.2, -0.15) is 0 Å². The lowest BCUT2D eigenvalue weighted by molar-refractivity contribution is 0.100. The van der Waals surface area contributed by atoms with Gasteiger partial charge in [0.2, 0.25) is 0 Å². The van der Waals surface area contributed by atoms with Crippen molar-refractivity contribution < 1.29 is 9.53 Å². The second-order valence-corrected chi connectivity index (χ2v) is 4.27. The number of nitrogens with two attached hydrogens (primary N) is 2. The van der Waals surface area contributed by atoms with Crippen LogP contribution in [0, 0.1) is 0 Å². The maximum absolute atomic E-state index is 11.4. The minimum atomic E-state index is -0.439. The molecule has 92 valence electrons. The molecule has 1 fully saturated rings. The lowest BCUT2D eigenvalue weighted by Crippen LogP contribution is -2.33. The number of rotatable bonds is 3. The molecule has 4 N–H and O–H groups in total. The van der Waals surface area contributed by atoms with E-state index < -0.39 is 5.91 Å². The first-order chi connectivity index (χ1) is 8.09. The molecule has 1 heterocycles. The summed E-state index contributed by atoms with van der Waals surface area (Å²) in [7, 11) is 1.93. The summed E-state index contributed by atoms with van der Waals surface area (Å²) in [4.78, 5) is 13.4. The Labute approximate surface area is 100 Å². The number of nitrogen functional groups attached to an aromatic ring is 1. The molecule has 1 unspecified atom stereocenters. The summed E-state index contributed by atoms with van der Waals surface area (Å²) in [6, 6.07) is 5.40. The molecule has 0 saturated carbocycles. The van der Waals surface area contributed by atoms with E-state index >= 15 is 0 Å². The van der Waals surface area contributed by atoms with Crippen LogP contribution < -0.4 is 16.4 Å². The Hall–Kier alpha value is -1.75. The number of benzene rings is 1. The number of carbonyl (C=O) groups is 1. The summed E-state index contributed by atoms with van der Waals surface area (Å²) in [6.45, 7) is 1.42. The number of nitrogens with zero attached hydrogens (tertiary/aromatic N) is 1. The molecule has 1 atom stereocenters. The van der Waals surface area contributed by atoms with Crippen LogP contribution in [0.5, 0.6) is 0 Å². The summed E-state index contributed by atoms with van der Waals surface area (Å²) < 4.78 is 5.34. The molecule has 1 amide bonds. The second-order valence-electron chi connectivity index (χ2n) is 4.27. The van der Waals surface area contributed by atoms with Crippen molar-refractivity contribution in [3.05, 3.63) is 23.8 Å². The van der Waals surface area contributed by atoms with Gasteiger partial charge in [0.15, 0.2) is 0 Å². The van der Waals surface area contributed by atoms with Crippen LogP contribution in [0.2, 0.25) is 0 Å². The van der Waals surface area contributed by atoms with E-state index in [1.54, 1.807) is 18.2 Å². The zero-order valence-electron chi connectivity index (χ0n) is 9.85. The molecule has 2 rings (SSSR count). The lowest BCUT2D eigenvalue weighted by atomic mass is 10.1. The van der Waals surface area contributed by atoms with E-state index in [2.05, 4.69) is 0 Å². The van der Waals surface area contributed by atoms with Crippen LogP contribution in [-0.4, -0.2) is 32.2 Å². The SMILES string of the molecule is CN(c1cc(N)ccc1C(N)=O)C1CCOC1. The number of hydrogen-bond acceptors (Lipinski definition) is 4. The number of ether oxygens (including phenoxy) is 1. The van der Waals surface area contributed by atoms with Crippen molar-refractivity contribution in [1.82, 2.24) is 0 Å². The van der Waals surface area contributed by atoms with Gasteiger partial charge in [-0.1, -0.05) is 0 Å². The third-order valence-electron chi connectivity index (χ3n) is 3.12. The van der Waals surface area contributed by atoms with Gasteiger partial charge in [-0.15, -0.1) is 0 Å². The predicted octanol–water partition coefficient (Wildman–Crippen LogP) is 0.593. The minimum absolute atomic E-state index is 0.273. The van der Waals surface area contributed by atoms with Gasteiger partial charge in [-0.25, -0.2) is 0 Å². The van der Waals surface area contributed by atoms with Gasteiger partial charge >= 0.3 is 0 Å². The van der Waals surface area contributed by atoms with Crippen LogP contribution >= 0.6 is 0 Å². The number of amides is 1.